The molecule has 1 aliphatic heterocycles. The third-order valence-corrected chi connectivity index (χ3v) is 4.65. The monoisotopic (exact) mass is 411 g/mol. The fourth-order valence-corrected chi connectivity index (χ4v) is 2.74. The van der Waals surface area contributed by atoms with Gasteiger partial charge in [0.2, 0.25) is 0 Å². The Morgan fingerprint density at radius 3 is 2.67 bits per heavy atom. The van der Waals surface area contributed by atoms with Crippen LogP contribution in [0.2, 0.25) is 5.15 Å². The van der Waals surface area contributed by atoms with E-state index in [0.717, 1.165) is 12.0 Å². The number of halogens is 4. The number of nitrogens with zero attached hydrogens (tertiary/aromatic N) is 3. The van der Waals surface area contributed by atoms with Crippen molar-refractivity contribution in [1.82, 2.24) is 9.88 Å². The van der Waals surface area contributed by atoms with Crippen molar-refractivity contribution in [1.29, 1.82) is 0 Å². The van der Waals surface area contributed by atoms with Gasteiger partial charge in [-0.1, -0.05) is 59.4 Å². The molecule has 1 fully saturated rings. The Balaban J connectivity index is 2.46. The molecule has 1 aliphatic rings. The third kappa shape index (κ3) is 4.25. The van der Waals surface area contributed by atoms with Gasteiger partial charge in [-0.2, -0.15) is 0 Å². The lowest BCUT2D eigenvalue weighted by Gasteiger charge is -2.23. The summed E-state index contributed by atoms with van der Waals surface area (Å²) in [4.78, 5) is 16.5. The fraction of sp³-hybridized carbons (Fsp3) is 0.357. The summed E-state index contributed by atoms with van der Waals surface area (Å²) in [6.07, 6.45) is 2.33. The molecule has 1 aromatic rings. The van der Waals surface area contributed by atoms with Gasteiger partial charge in [-0.3, -0.25) is 10.1 Å². The number of pyridine rings is 1. The number of hydrogen-bond donors (Lipinski definition) is 0. The number of rotatable bonds is 5. The SMILES string of the molecule is CC[C@@H]1CO/C(=C(\C(Cl)=C(Cl)Cl)[N+](=O)[O-])N1Cc1ccc(Cl)nc1. The Bertz CT molecular complexity index is 687. The molecule has 6 nitrogen and oxygen atoms in total. The van der Waals surface area contributed by atoms with E-state index in [1.807, 2.05) is 6.92 Å². The summed E-state index contributed by atoms with van der Waals surface area (Å²) < 4.78 is 5.15. The van der Waals surface area contributed by atoms with Crippen molar-refractivity contribution in [3.8, 4) is 0 Å². The Kier molecular flexibility index (Phi) is 6.57. The van der Waals surface area contributed by atoms with E-state index in [-0.39, 0.29) is 17.0 Å². The van der Waals surface area contributed by atoms with E-state index in [2.05, 4.69) is 4.98 Å². The first-order valence-corrected chi connectivity index (χ1v) is 8.46. The molecular formula is C14H13Cl4N3O3. The second kappa shape index (κ2) is 8.25. The predicted molar refractivity (Wildman–Crippen MR) is 93.4 cm³/mol. The highest BCUT2D eigenvalue weighted by Crippen LogP contribution is 2.34. The molecule has 1 atom stereocenters. The summed E-state index contributed by atoms with van der Waals surface area (Å²) in [5.74, 6) is 0.0330. The molecule has 0 radical (unpaired) electrons. The van der Waals surface area contributed by atoms with Gasteiger partial charge in [0.1, 0.15) is 16.3 Å². The Morgan fingerprint density at radius 2 is 2.17 bits per heavy atom. The van der Waals surface area contributed by atoms with Crippen LogP contribution in [0.4, 0.5) is 0 Å². The molecule has 2 heterocycles. The highest BCUT2D eigenvalue weighted by Gasteiger charge is 2.38. The van der Waals surface area contributed by atoms with Crippen molar-refractivity contribution in [2.45, 2.75) is 25.9 Å². The zero-order valence-electron chi connectivity index (χ0n) is 12.5. The molecule has 0 aliphatic carbocycles. The Labute approximate surface area is 158 Å². The Hall–Kier alpha value is -1.21. The lowest BCUT2D eigenvalue weighted by molar-refractivity contribution is -0.424. The van der Waals surface area contributed by atoms with Gasteiger partial charge < -0.3 is 9.64 Å². The molecule has 0 aromatic carbocycles. The molecule has 0 amide bonds. The van der Waals surface area contributed by atoms with Crippen LogP contribution in [0.3, 0.4) is 0 Å². The lowest BCUT2D eigenvalue weighted by atomic mass is 10.2. The van der Waals surface area contributed by atoms with Crippen LogP contribution in [-0.2, 0) is 11.3 Å². The largest absolute Gasteiger partial charge is 0.472 e. The number of ether oxygens (including phenoxy) is 1. The van der Waals surface area contributed by atoms with Gasteiger partial charge in [-0.15, -0.1) is 0 Å². The highest BCUT2D eigenvalue weighted by molar-refractivity contribution is 6.59. The van der Waals surface area contributed by atoms with Crippen LogP contribution >= 0.6 is 46.4 Å². The normalized spacial score (nSPS) is 19.0. The smallest absolute Gasteiger partial charge is 0.349 e. The molecule has 2 rings (SSSR count). The summed E-state index contributed by atoms with van der Waals surface area (Å²) >= 11 is 22.9. The quantitative estimate of drug-likeness (QED) is 0.399. The predicted octanol–water partition coefficient (Wildman–Crippen LogP) is 4.68. The van der Waals surface area contributed by atoms with E-state index in [9.17, 15) is 10.1 Å². The summed E-state index contributed by atoms with van der Waals surface area (Å²) in [6.45, 7) is 2.61. The highest BCUT2D eigenvalue weighted by atomic mass is 35.5. The van der Waals surface area contributed by atoms with Gasteiger partial charge in [0.25, 0.3) is 5.88 Å². The molecule has 0 saturated carbocycles. The fourth-order valence-electron chi connectivity index (χ4n) is 2.30. The van der Waals surface area contributed by atoms with Crippen LogP contribution in [-0.4, -0.2) is 27.5 Å². The van der Waals surface area contributed by atoms with Crippen molar-refractivity contribution >= 4 is 46.4 Å². The van der Waals surface area contributed by atoms with Crippen LogP contribution in [0, 0.1) is 10.1 Å². The first-order chi connectivity index (χ1) is 11.3. The van der Waals surface area contributed by atoms with E-state index >= 15 is 0 Å². The number of nitro groups is 1. The summed E-state index contributed by atoms with van der Waals surface area (Å²) in [5.41, 5.74) is 0.357. The molecule has 0 N–H and O–H groups in total. The molecule has 1 aromatic heterocycles. The minimum absolute atomic E-state index is 0.0330. The van der Waals surface area contributed by atoms with Crippen LogP contribution in [0.1, 0.15) is 18.9 Å². The molecule has 0 bridgehead atoms. The average molecular weight is 413 g/mol. The van der Waals surface area contributed by atoms with Gasteiger partial charge in [0.05, 0.1) is 11.0 Å². The maximum Gasteiger partial charge on any atom is 0.349 e. The molecule has 24 heavy (non-hydrogen) atoms. The first-order valence-electron chi connectivity index (χ1n) is 6.94. The zero-order valence-corrected chi connectivity index (χ0v) is 15.5. The first kappa shape index (κ1) is 19.1. The van der Waals surface area contributed by atoms with Gasteiger partial charge in [0, 0.05) is 12.7 Å². The van der Waals surface area contributed by atoms with Gasteiger partial charge in [-0.25, -0.2) is 4.98 Å². The average Bonchev–Trinajstić information content (AvgIpc) is 2.92. The third-order valence-electron chi connectivity index (χ3n) is 3.49. The topological polar surface area (TPSA) is 68.5 Å². The van der Waals surface area contributed by atoms with E-state index in [1.54, 1.807) is 23.2 Å². The molecule has 0 unspecified atom stereocenters. The van der Waals surface area contributed by atoms with E-state index in [4.69, 9.17) is 51.1 Å². The minimum atomic E-state index is -0.659. The minimum Gasteiger partial charge on any atom is -0.472 e. The molecular weight excluding hydrogens is 400 g/mol. The van der Waals surface area contributed by atoms with Crippen LogP contribution in [0.5, 0.6) is 0 Å². The van der Waals surface area contributed by atoms with Crippen molar-refractivity contribution in [2.24, 2.45) is 0 Å². The summed E-state index contributed by atoms with van der Waals surface area (Å²) in [7, 11) is 0. The van der Waals surface area contributed by atoms with Crippen molar-refractivity contribution < 1.29 is 9.66 Å². The standard InChI is InChI=1S/C14H13Cl4N3O3/c1-2-9-7-24-14(12(21(22)23)11(16)13(17)18)20(9)6-8-3-4-10(15)19-5-8/h3-5,9H,2,6-7H2,1H3/b14-12+/t9-/m1/s1. The second-order valence-corrected chi connectivity index (χ2v) is 6.69. The van der Waals surface area contributed by atoms with Crippen molar-refractivity contribution in [3.05, 3.63) is 60.3 Å². The lowest BCUT2D eigenvalue weighted by Crippen LogP contribution is -2.30. The van der Waals surface area contributed by atoms with Crippen LogP contribution < -0.4 is 0 Å². The maximum absolute atomic E-state index is 11.4. The van der Waals surface area contributed by atoms with Crippen molar-refractivity contribution in [3.63, 3.8) is 0 Å². The van der Waals surface area contributed by atoms with Crippen LogP contribution in [0.25, 0.3) is 0 Å². The number of hydrogen-bond acceptors (Lipinski definition) is 5. The summed E-state index contributed by atoms with van der Waals surface area (Å²) in [6, 6.07) is 3.38. The van der Waals surface area contributed by atoms with Gasteiger partial charge >= 0.3 is 5.70 Å². The van der Waals surface area contributed by atoms with Gasteiger partial charge in [0.15, 0.2) is 5.03 Å². The Morgan fingerprint density at radius 1 is 1.46 bits per heavy atom. The molecule has 1 saturated heterocycles. The van der Waals surface area contributed by atoms with E-state index in [0.29, 0.717) is 18.3 Å². The molecule has 0 spiro atoms. The van der Waals surface area contributed by atoms with E-state index < -0.39 is 15.1 Å². The van der Waals surface area contributed by atoms with E-state index in [1.165, 1.54) is 0 Å². The second-order valence-electron chi connectivity index (χ2n) is 4.98. The summed E-state index contributed by atoms with van der Waals surface area (Å²) in [5, 5.41) is 11.4. The zero-order chi connectivity index (χ0) is 17.9. The van der Waals surface area contributed by atoms with Gasteiger partial charge in [-0.05, 0) is 18.1 Å². The molecule has 10 heteroatoms. The maximum atomic E-state index is 11.4. The number of allylic oxidation sites excluding steroid dienone is 1. The molecule has 130 valence electrons. The number of aromatic nitrogens is 1. The van der Waals surface area contributed by atoms with Crippen LogP contribution in [0.15, 0.2) is 39.4 Å². The van der Waals surface area contributed by atoms with Crippen molar-refractivity contribution in [2.75, 3.05) is 6.61 Å².